The Bertz CT molecular complexity index is 230. The van der Waals surface area contributed by atoms with Crippen molar-refractivity contribution in [3.63, 3.8) is 0 Å². The summed E-state index contributed by atoms with van der Waals surface area (Å²) in [6.45, 7) is 12.8. The first-order valence-electron chi connectivity index (χ1n) is 5.78. The molecule has 0 aromatic carbocycles. The average molecular weight is 355 g/mol. The predicted molar refractivity (Wildman–Crippen MR) is 85.0 cm³/mol. The summed E-state index contributed by atoms with van der Waals surface area (Å²) in [6, 6.07) is 0. The van der Waals surface area contributed by atoms with Gasteiger partial charge in [-0.25, -0.2) is 4.99 Å². The smallest absolute Gasteiger partial charge is 0.188 e. The lowest BCUT2D eigenvalue weighted by atomic mass is 10.1. The van der Waals surface area contributed by atoms with Crippen molar-refractivity contribution in [3.05, 3.63) is 12.2 Å². The van der Waals surface area contributed by atoms with Gasteiger partial charge in [0.15, 0.2) is 5.96 Å². The van der Waals surface area contributed by atoms with Crippen LogP contribution in [0.5, 0.6) is 0 Å². The molecule has 17 heavy (non-hydrogen) atoms. The summed E-state index contributed by atoms with van der Waals surface area (Å²) in [4.78, 5) is 4.10. The van der Waals surface area contributed by atoms with E-state index in [9.17, 15) is 0 Å². The number of aliphatic imine (C=N–C) groups is 1. The fourth-order valence-electron chi connectivity index (χ4n) is 0.948. The van der Waals surface area contributed by atoms with Crippen molar-refractivity contribution in [1.82, 2.24) is 5.32 Å². The summed E-state index contributed by atoms with van der Waals surface area (Å²) >= 11 is 0. The van der Waals surface area contributed by atoms with Gasteiger partial charge in [0, 0.05) is 13.2 Å². The number of rotatable bonds is 8. The maximum absolute atomic E-state index is 5.63. The van der Waals surface area contributed by atoms with E-state index in [0.717, 1.165) is 18.6 Å². The number of nitrogens with one attached hydrogen (secondary N) is 1. The maximum Gasteiger partial charge on any atom is 0.188 e. The second-order valence-corrected chi connectivity index (χ2v) is 4.38. The van der Waals surface area contributed by atoms with Crippen LogP contribution in [0, 0.1) is 5.92 Å². The van der Waals surface area contributed by atoms with E-state index < -0.39 is 0 Å². The zero-order valence-corrected chi connectivity index (χ0v) is 13.5. The molecule has 0 unspecified atom stereocenters. The zero-order chi connectivity index (χ0) is 12.4. The van der Waals surface area contributed by atoms with Gasteiger partial charge >= 0.3 is 0 Å². The third-order valence-corrected chi connectivity index (χ3v) is 1.91. The lowest BCUT2D eigenvalue weighted by Gasteiger charge is -2.08. The molecule has 102 valence electrons. The average Bonchev–Trinajstić information content (AvgIpc) is 2.19. The quantitative estimate of drug-likeness (QED) is 0.231. The lowest BCUT2D eigenvalue weighted by molar-refractivity contribution is 0.128. The molecule has 0 fully saturated rings. The molecule has 0 aromatic heterocycles. The van der Waals surface area contributed by atoms with Crippen molar-refractivity contribution in [2.45, 2.75) is 27.2 Å². The van der Waals surface area contributed by atoms with Crippen LogP contribution >= 0.6 is 24.0 Å². The van der Waals surface area contributed by atoms with Crippen LogP contribution in [0.3, 0.4) is 0 Å². The van der Waals surface area contributed by atoms with E-state index in [1.54, 1.807) is 0 Å². The monoisotopic (exact) mass is 355 g/mol. The van der Waals surface area contributed by atoms with Gasteiger partial charge in [-0.3, -0.25) is 0 Å². The van der Waals surface area contributed by atoms with Crippen LogP contribution in [0.15, 0.2) is 17.1 Å². The van der Waals surface area contributed by atoms with E-state index in [2.05, 4.69) is 30.7 Å². The Morgan fingerprint density at radius 3 is 2.59 bits per heavy atom. The second kappa shape index (κ2) is 12.2. The molecule has 0 spiro atoms. The summed E-state index contributed by atoms with van der Waals surface area (Å²) in [6.07, 6.45) is 1.10. The first kappa shape index (κ1) is 19.0. The van der Waals surface area contributed by atoms with Crippen LogP contribution in [0.1, 0.15) is 27.2 Å². The first-order chi connectivity index (χ1) is 7.52. The van der Waals surface area contributed by atoms with Crippen molar-refractivity contribution in [2.75, 3.05) is 26.3 Å². The summed E-state index contributed by atoms with van der Waals surface area (Å²) in [7, 11) is 0. The van der Waals surface area contributed by atoms with Crippen molar-refractivity contribution in [1.29, 1.82) is 0 Å². The van der Waals surface area contributed by atoms with Crippen LogP contribution in [-0.4, -0.2) is 32.3 Å². The van der Waals surface area contributed by atoms with E-state index in [4.69, 9.17) is 10.5 Å². The summed E-state index contributed by atoms with van der Waals surface area (Å²) in [5.74, 6) is 1.14. The van der Waals surface area contributed by atoms with Crippen molar-refractivity contribution in [3.8, 4) is 0 Å². The van der Waals surface area contributed by atoms with E-state index in [-0.39, 0.29) is 24.0 Å². The highest BCUT2D eigenvalue weighted by Crippen LogP contribution is 1.98. The molecular weight excluding hydrogens is 329 g/mol. The van der Waals surface area contributed by atoms with E-state index in [0.29, 0.717) is 31.6 Å². The molecule has 0 saturated carbocycles. The Hall–Kier alpha value is -0.300. The molecule has 0 rings (SSSR count). The Morgan fingerprint density at radius 1 is 1.41 bits per heavy atom. The van der Waals surface area contributed by atoms with E-state index in [1.807, 2.05) is 6.92 Å². The van der Waals surface area contributed by atoms with Gasteiger partial charge in [-0.05, 0) is 19.3 Å². The largest absolute Gasteiger partial charge is 0.380 e. The number of ether oxygens (including phenoxy) is 1. The minimum Gasteiger partial charge on any atom is -0.380 e. The Morgan fingerprint density at radius 2 is 2.06 bits per heavy atom. The molecule has 0 aliphatic heterocycles. The number of halogens is 1. The van der Waals surface area contributed by atoms with E-state index in [1.165, 1.54) is 0 Å². The molecule has 0 saturated heterocycles. The molecular formula is C12H26IN3O. The highest BCUT2D eigenvalue weighted by Gasteiger charge is 1.94. The van der Waals surface area contributed by atoms with Crippen LogP contribution in [0.25, 0.3) is 0 Å². The van der Waals surface area contributed by atoms with Crippen LogP contribution in [0.2, 0.25) is 0 Å². The van der Waals surface area contributed by atoms with Crippen LogP contribution < -0.4 is 11.1 Å². The normalized spacial score (nSPS) is 11.2. The third kappa shape index (κ3) is 15.7. The van der Waals surface area contributed by atoms with Gasteiger partial charge in [-0.2, -0.15) is 0 Å². The molecule has 0 aliphatic carbocycles. The highest BCUT2D eigenvalue weighted by atomic mass is 127. The topological polar surface area (TPSA) is 59.6 Å². The van der Waals surface area contributed by atoms with Crippen molar-refractivity contribution >= 4 is 29.9 Å². The number of nitrogens with zero attached hydrogens (tertiary/aromatic N) is 1. The second-order valence-electron chi connectivity index (χ2n) is 4.38. The first-order valence-corrected chi connectivity index (χ1v) is 5.78. The van der Waals surface area contributed by atoms with Crippen molar-refractivity contribution < 1.29 is 4.74 Å². The summed E-state index contributed by atoms with van der Waals surface area (Å²) < 4.78 is 5.43. The lowest BCUT2D eigenvalue weighted by Crippen LogP contribution is -2.34. The summed E-state index contributed by atoms with van der Waals surface area (Å²) in [5, 5.41) is 2.99. The molecule has 0 atom stereocenters. The Balaban J connectivity index is 0. The van der Waals surface area contributed by atoms with Gasteiger partial charge in [-0.1, -0.05) is 26.0 Å². The van der Waals surface area contributed by atoms with Gasteiger partial charge in [0.2, 0.25) is 0 Å². The molecule has 4 nitrogen and oxygen atoms in total. The molecule has 3 N–H and O–H groups in total. The minimum absolute atomic E-state index is 0. The third-order valence-electron chi connectivity index (χ3n) is 1.91. The number of hydrogen-bond donors (Lipinski definition) is 2. The number of nitrogens with two attached hydrogens (primary N) is 1. The summed E-state index contributed by atoms with van der Waals surface area (Å²) in [5.41, 5.74) is 6.63. The van der Waals surface area contributed by atoms with Crippen LogP contribution in [-0.2, 0) is 4.74 Å². The Labute approximate surface area is 122 Å². The van der Waals surface area contributed by atoms with Gasteiger partial charge in [0.25, 0.3) is 0 Å². The number of guanidine groups is 1. The van der Waals surface area contributed by atoms with Crippen LogP contribution in [0.4, 0.5) is 0 Å². The highest BCUT2D eigenvalue weighted by molar-refractivity contribution is 14.0. The molecule has 0 heterocycles. The predicted octanol–water partition coefficient (Wildman–Crippen LogP) is 2.15. The van der Waals surface area contributed by atoms with Gasteiger partial charge in [-0.15, -0.1) is 24.0 Å². The maximum atomic E-state index is 5.63. The van der Waals surface area contributed by atoms with E-state index >= 15 is 0 Å². The fourth-order valence-corrected chi connectivity index (χ4v) is 0.948. The van der Waals surface area contributed by atoms with Gasteiger partial charge in [0.1, 0.15) is 0 Å². The fraction of sp³-hybridized carbons (Fsp3) is 0.750. The molecule has 0 amide bonds. The standard InChI is InChI=1S/C12H25N3O.HI/c1-10(2)5-7-16-8-6-14-12(13)15-9-11(3)4;/h10H,3,5-9H2,1-2,4H3,(H3,13,14,15);1H. The van der Waals surface area contributed by atoms with Gasteiger partial charge in [0.05, 0.1) is 13.2 Å². The molecule has 0 bridgehead atoms. The zero-order valence-electron chi connectivity index (χ0n) is 11.2. The SMILES string of the molecule is C=C(C)CN=C(N)NCCOCCC(C)C.I. The van der Waals surface area contributed by atoms with Crippen molar-refractivity contribution in [2.24, 2.45) is 16.6 Å². The van der Waals surface area contributed by atoms with Gasteiger partial charge < -0.3 is 15.8 Å². The Kier molecular flexibility index (Phi) is 13.6. The molecule has 0 aliphatic rings. The number of hydrogen-bond acceptors (Lipinski definition) is 2. The minimum atomic E-state index is 0. The molecule has 5 heteroatoms. The molecule has 0 radical (unpaired) electrons. The molecule has 0 aromatic rings.